The van der Waals surface area contributed by atoms with E-state index in [1.165, 1.54) is 110 Å². The SMILES string of the molecule is [C-]#[N+]/C(C#N)=C(/C(C#N)=C/C=C/c1oc(O)c(/C=C/C=C/C(C#N)=C(/c2ccc(C(=O)OC)cc2)C(C#N)[N+]#[C-])[n+]1C)c1ccc(C(=O)OC)cc1. The molecule has 0 amide bonds. The van der Waals surface area contributed by atoms with Crippen LogP contribution in [0.2, 0.25) is 0 Å². The van der Waals surface area contributed by atoms with Gasteiger partial charge in [0.2, 0.25) is 0 Å². The molecule has 0 saturated carbocycles. The van der Waals surface area contributed by atoms with Crippen LogP contribution in [0.1, 0.15) is 43.4 Å². The summed E-state index contributed by atoms with van der Waals surface area (Å²) in [5, 5.41) is 49.5. The molecule has 1 atom stereocenters. The molecule has 252 valence electrons. The van der Waals surface area contributed by atoms with Gasteiger partial charge in [-0.25, -0.2) is 26.3 Å². The molecule has 0 fully saturated rings. The zero-order valence-electron chi connectivity index (χ0n) is 27.9. The maximum absolute atomic E-state index is 11.8. The maximum atomic E-state index is 11.8. The highest BCUT2D eigenvalue weighted by Crippen LogP contribution is 2.29. The number of carbonyl (C=O) groups is 2. The van der Waals surface area contributed by atoms with Crippen molar-refractivity contribution in [1.29, 1.82) is 21.0 Å². The smallest absolute Gasteiger partial charge is 0.376 e. The minimum atomic E-state index is -1.31. The van der Waals surface area contributed by atoms with Gasteiger partial charge < -0.3 is 19.0 Å². The number of rotatable bonds is 11. The highest BCUT2D eigenvalue weighted by atomic mass is 16.5. The molecule has 0 radical (unpaired) electrons. The second-order valence-electron chi connectivity index (χ2n) is 10.1. The summed E-state index contributed by atoms with van der Waals surface area (Å²) >= 11 is 0. The first kappa shape index (κ1) is 38.2. The third-order valence-corrected chi connectivity index (χ3v) is 7.23. The first-order valence-corrected chi connectivity index (χ1v) is 14.8. The van der Waals surface area contributed by atoms with Gasteiger partial charge in [-0.05, 0) is 47.5 Å². The summed E-state index contributed by atoms with van der Waals surface area (Å²) in [5.41, 5.74) is 1.28. The van der Waals surface area contributed by atoms with Crippen molar-refractivity contribution in [2.75, 3.05) is 14.2 Å². The van der Waals surface area contributed by atoms with E-state index in [2.05, 4.69) is 9.69 Å². The van der Waals surface area contributed by atoms with E-state index in [4.69, 9.17) is 27.0 Å². The number of nitrogens with zero attached hydrogens (tertiary/aromatic N) is 7. The Balaban J connectivity index is 1.95. The summed E-state index contributed by atoms with van der Waals surface area (Å²) in [6.45, 7) is 14.9. The number of allylic oxidation sites excluding steroid dienone is 9. The van der Waals surface area contributed by atoms with Crippen LogP contribution in [0, 0.1) is 58.5 Å². The van der Waals surface area contributed by atoms with Crippen LogP contribution in [0.25, 0.3) is 33.0 Å². The lowest BCUT2D eigenvalue weighted by molar-refractivity contribution is -0.678. The van der Waals surface area contributed by atoms with E-state index >= 15 is 0 Å². The molecule has 1 aromatic heterocycles. The van der Waals surface area contributed by atoms with Crippen molar-refractivity contribution in [3.63, 3.8) is 0 Å². The molecule has 0 aliphatic carbocycles. The molecule has 52 heavy (non-hydrogen) atoms. The van der Waals surface area contributed by atoms with Crippen molar-refractivity contribution < 1.29 is 33.2 Å². The topological polar surface area (TPSA) is 194 Å². The molecular weight excluding hydrogens is 662 g/mol. The molecule has 0 bridgehead atoms. The van der Waals surface area contributed by atoms with Crippen molar-refractivity contribution in [1.82, 2.24) is 0 Å². The fraction of sp³-hybridized carbons (Fsp3) is 0.103. The number of ether oxygens (including phenoxy) is 2. The number of hydrogen-bond acceptors (Lipinski definition) is 10. The van der Waals surface area contributed by atoms with Gasteiger partial charge in [0.05, 0.1) is 72.9 Å². The van der Waals surface area contributed by atoms with Gasteiger partial charge in [-0.2, -0.15) is 20.4 Å². The molecule has 1 heterocycles. The Hall–Kier alpha value is -8.23. The van der Waals surface area contributed by atoms with Gasteiger partial charge in [-0.15, -0.1) is 0 Å². The third-order valence-electron chi connectivity index (χ3n) is 7.23. The fourth-order valence-electron chi connectivity index (χ4n) is 4.67. The van der Waals surface area contributed by atoms with Crippen LogP contribution in [0.3, 0.4) is 0 Å². The third kappa shape index (κ3) is 8.81. The summed E-state index contributed by atoms with van der Waals surface area (Å²) in [6.07, 6.45) is 10.1. The van der Waals surface area contributed by atoms with E-state index in [1.54, 1.807) is 13.1 Å². The van der Waals surface area contributed by atoms with Crippen LogP contribution in [0.5, 0.6) is 5.95 Å². The maximum Gasteiger partial charge on any atom is 0.376 e. The zero-order chi connectivity index (χ0) is 38.2. The molecule has 3 aromatic rings. The largest absolute Gasteiger partial charge is 0.476 e. The number of aromatic nitrogens is 1. The summed E-state index contributed by atoms with van der Waals surface area (Å²) in [7, 11) is 4.06. The number of oxazole rings is 1. The molecule has 13 heteroatoms. The van der Waals surface area contributed by atoms with Gasteiger partial charge in [-0.1, -0.05) is 42.5 Å². The Morgan fingerprint density at radius 2 is 1.42 bits per heavy atom. The van der Waals surface area contributed by atoms with E-state index in [1.807, 2.05) is 18.2 Å². The second-order valence-corrected chi connectivity index (χ2v) is 10.1. The van der Waals surface area contributed by atoms with Gasteiger partial charge in [0.25, 0.3) is 11.4 Å². The molecule has 3 rings (SSSR count). The van der Waals surface area contributed by atoms with Crippen LogP contribution < -0.4 is 4.57 Å². The Labute approximate surface area is 299 Å². The highest BCUT2D eigenvalue weighted by molar-refractivity contribution is 5.92. The molecule has 1 unspecified atom stereocenters. The van der Waals surface area contributed by atoms with Crippen LogP contribution in [0.15, 0.2) is 100 Å². The number of methoxy groups -OCH3 is 2. The molecule has 0 aliphatic rings. The lowest BCUT2D eigenvalue weighted by Gasteiger charge is -2.08. The van der Waals surface area contributed by atoms with Crippen LogP contribution in [-0.4, -0.2) is 37.3 Å². The molecule has 1 N–H and O–H groups in total. The number of hydrogen-bond donors (Lipinski definition) is 1. The monoisotopic (exact) mass is 688 g/mol. The Kier molecular flexibility index (Phi) is 13.5. The molecule has 0 spiro atoms. The summed E-state index contributed by atoms with van der Waals surface area (Å²) in [5.74, 6) is -1.45. The van der Waals surface area contributed by atoms with Crippen molar-refractivity contribution in [2.45, 2.75) is 6.04 Å². The molecule has 2 aromatic carbocycles. The van der Waals surface area contributed by atoms with Gasteiger partial charge in [0.1, 0.15) is 7.05 Å². The van der Waals surface area contributed by atoms with Gasteiger partial charge in [0.15, 0.2) is 6.07 Å². The average Bonchev–Trinajstić information content (AvgIpc) is 3.45. The quantitative estimate of drug-likeness (QED) is 0.0814. The molecule has 0 aliphatic heterocycles. The molecule has 0 saturated heterocycles. The number of esters is 2. The van der Waals surface area contributed by atoms with E-state index in [0.29, 0.717) is 11.1 Å². The normalized spacial score (nSPS) is 12.7. The minimum Gasteiger partial charge on any atom is -0.476 e. The number of carbonyl (C=O) groups excluding carboxylic acids is 2. The first-order chi connectivity index (χ1) is 25.1. The van der Waals surface area contributed by atoms with Crippen LogP contribution in [-0.2, 0) is 16.5 Å². The number of benzene rings is 2. The Bertz CT molecular complexity index is 2300. The minimum absolute atomic E-state index is 0.0214. The number of aromatic hydroxyl groups is 1. The van der Waals surface area contributed by atoms with E-state index in [0.717, 1.165) is 0 Å². The van der Waals surface area contributed by atoms with E-state index in [9.17, 15) is 35.7 Å². The predicted molar refractivity (Wildman–Crippen MR) is 186 cm³/mol. The average molecular weight is 689 g/mol. The van der Waals surface area contributed by atoms with Crippen molar-refractivity contribution >= 4 is 35.2 Å². The van der Waals surface area contributed by atoms with Gasteiger partial charge >= 0.3 is 29.8 Å². The fourth-order valence-corrected chi connectivity index (χ4v) is 4.67. The van der Waals surface area contributed by atoms with E-state index < -0.39 is 23.9 Å². The standard InChI is InChI=1S/C39H25N7O6/c1-44-31(23-42)35(25-13-17-27(18-14-25)37(47)50-4)29(21-40)9-6-7-11-33-39(49)52-34(46(33)3)12-8-10-30(22-41)36(32(24-43)45-2)26-15-19-28(20-16-26)38(48)51-5/h6-20,31H,3-5H3/p+1/b12-8+,30-10+,36-32+. The Morgan fingerprint density at radius 3 is 1.90 bits per heavy atom. The lowest BCUT2D eigenvalue weighted by atomic mass is 9.93. The van der Waals surface area contributed by atoms with Crippen molar-refractivity contribution in [2.24, 2.45) is 7.05 Å². The molecule has 13 nitrogen and oxygen atoms in total. The highest BCUT2D eigenvalue weighted by Gasteiger charge is 2.25. The second kappa shape index (κ2) is 18.3. The summed E-state index contributed by atoms with van der Waals surface area (Å²) in [6, 6.07) is 18.2. The van der Waals surface area contributed by atoms with Crippen LogP contribution in [0.4, 0.5) is 0 Å². The zero-order valence-corrected chi connectivity index (χ0v) is 27.9. The van der Waals surface area contributed by atoms with Gasteiger partial charge in [0, 0.05) is 11.6 Å². The van der Waals surface area contributed by atoms with Crippen molar-refractivity contribution in [3.05, 3.63) is 152 Å². The molecular formula is C39H26N7O6+. The predicted octanol–water partition coefficient (Wildman–Crippen LogP) is 6.06. The first-order valence-electron chi connectivity index (χ1n) is 14.8. The lowest BCUT2D eigenvalue weighted by Crippen LogP contribution is -2.31. The van der Waals surface area contributed by atoms with E-state index in [-0.39, 0.29) is 50.7 Å². The van der Waals surface area contributed by atoms with Gasteiger partial charge in [-0.3, -0.25) is 4.85 Å². The number of nitriles is 4. The van der Waals surface area contributed by atoms with Crippen molar-refractivity contribution in [3.8, 4) is 30.2 Å². The summed E-state index contributed by atoms with van der Waals surface area (Å²) in [4.78, 5) is 30.3. The summed E-state index contributed by atoms with van der Waals surface area (Å²) < 4.78 is 16.3. The van der Waals surface area contributed by atoms with Crippen LogP contribution >= 0.6 is 0 Å². The Morgan fingerprint density at radius 1 is 0.846 bits per heavy atom.